The van der Waals surface area contributed by atoms with Gasteiger partial charge in [-0.05, 0) is 44.1 Å². The van der Waals surface area contributed by atoms with Crippen LogP contribution in [0.5, 0.6) is 0 Å². The lowest BCUT2D eigenvalue weighted by atomic mass is 10.0. The second-order valence-electron chi connectivity index (χ2n) is 7.17. The summed E-state index contributed by atoms with van der Waals surface area (Å²) in [6.07, 6.45) is 7.71. The van der Waals surface area contributed by atoms with Crippen molar-refractivity contribution in [2.24, 2.45) is 13.0 Å². The van der Waals surface area contributed by atoms with Crippen molar-refractivity contribution < 1.29 is 14.1 Å². The monoisotopic (exact) mass is 359 g/mol. The van der Waals surface area contributed by atoms with Gasteiger partial charge in [-0.3, -0.25) is 9.48 Å². The lowest BCUT2D eigenvalue weighted by Gasteiger charge is -2.33. The smallest absolute Gasteiger partial charge is 0.272 e. The molecule has 8 heteroatoms. The van der Waals surface area contributed by atoms with E-state index in [1.165, 1.54) is 12.8 Å². The summed E-state index contributed by atoms with van der Waals surface area (Å²) >= 11 is 0. The Morgan fingerprint density at radius 3 is 3.00 bits per heavy atom. The summed E-state index contributed by atoms with van der Waals surface area (Å²) in [6, 6.07) is 1.57. The van der Waals surface area contributed by atoms with Crippen molar-refractivity contribution in [2.75, 3.05) is 19.8 Å². The molecule has 26 heavy (non-hydrogen) atoms. The molecule has 0 bridgehead atoms. The predicted molar refractivity (Wildman–Crippen MR) is 92.4 cm³/mol. The van der Waals surface area contributed by atoms with Gasteiger partial charge in [0, 0.05) is 32.8 Å². The highest BCUT2D eigenvalue weighted by Gasteiger charge is 2.33. The van der Waals surface area contributed by atoms with Gasteiger partial charge in [-0.15, -0.1) is 0 Å². The first-order valence-electron chi connectivity index (χ1n) is 9.41. The molecule has 0 N–H and O–H groups in total. The minimum Gasteiger partial charge on any atom is -0.381 e. The fourth-order valence-corrected chi connectivity index (χ4v) is 3.36. The Balaban J connectivity index is 1.41. The average molecular weight is 359 g/mol. The molecule has 0 radical (unpaired) electrons. The second kappa shape index (κ2) is 7.57. The van der Waals surface area contributed by atoms with Gasteiger partial charge in [-0.2, -0.15) is 10.1 Å². The molecule has 4 rings (SSSR count). The Bertz CT molecular complexity index is 752. The number of carbonyl (C=O) groups excluding carboxylic acids is 1. The number of aryl methyl sites for hydroxylation is 1. The first-order chi connectivity index (χ1) is 12.7. The van der Waals surface area contributed by atoms with Crippen molar-refractivity contribution in [3.05, 3.63) is 29.7 Å². The molecule has 1 amide bonds. The van der Waals surface area contributed by atoms with Crippen molar-refractivity contribution >= 4 is 5.91 Å². The summed E-state index contributed by atoms with van der Waals surface area (Å²) in [5.41, 5.74) is 0.574. The Labute approximate surface area is 152 Å². The van der Waals surface area contributed by atoms with E-state index in [0.29, 0.717) is 37.0 Å². The first kappa shape index (κ1) is 17.2. The van der Waals surface area contributed by atoms with Gasteiger partial charge in [-0.25, -0.2) is 0 Å². The van der Waals surface area contributed by atoms with E-state index < -0.39 is 0 Å². The molecule has 140 valence electrons. The molecule has 2 aromatic heterocycles. The highest BCUT2D eigenvalue weighted by molar-refractivity contribution is 5.92. The van der Waals surface area contributed by atoms with E-state index >= 15 is 0 Å². The zero-order chi connectivity index (χ0) is 17.9. The molecule has 8 nitrogen and oxygen atoms in total. The summed E-state index contributed by atoms with van der Waals surface area (Å²) in [6.45, 7) is 2.13. The van der Waals surface area contributed by atoms with E-state index in [4.69, 9.17) is 9.26 Å². The van der Waals surface area contributed by atoms with Crippen molar-refractivity contribution in [3.8, 4) is 0 Å². The third-order valence-corrected chi connectivity index (χ3v) is 5.09. The van der Waals surface area contributed by atoms with Crippen molar-refractivity contribution in [1.29, 1.82) is 0 Å². The Morgan fingerprint density at radius 2 is 2.23 bits per heavy atom. The maximum Gasteiger partial charge on any atom is 0.272 e. The van der Waals surface area contributed by atoms with E-state index in [1.54, 1.807) is 24.0 Å². The number of nitrogens with zero attached hydrogens (tertiary/aromatic N) is 5. The number of hydrogen-bond donors (Lipinski definition) is 0. The van der Waals surface area contributed by atoms with E-state index in [1.807, 2.05) is 4.90 Å². The highest BCUT2D eigenvalue weighted by atomic mass is 16.5. The number of aromatic nitrogens is 4. The van der Waals surface area contributed by atoms with Crippen molar-refractivity contribution in [3.63, 3.8) is 0 Å². The number of hydrogen-bond acceptors (Lipinski definition) is 6. The van der Waals surface area contributed by atoms with Crippen LogP contribution >= 0.6 is 0 Å². The van der Waals surface area contributed by atoms with E-state index in [0.717, 1.165) is 31.8 Å². The number of likely N-dealkylation sites (tertiary alicyclic amines) is 1. The van der Waals surface area contributed by atoms with Crippen LogP contribution in [-0.2, 0) is 18.2 Å². The first-order valence-corrected chi connectivity index (χ1v) is 9.41. The maximum atomic E-state index is 12.9. The standard InChI is InChI=1S/C18H25N5O3/c1-22-15(7-9-19-22)18(24)23-10-3-2-4-14(23)17-20-16(21-26-17)8-11-25-12-13-5-6-13/h7,9,13-14H,2-6,8,10-12H2,1H3. The van der Waals surface area contributed by atoms with Gasteiger partial charge in [0.2, 0.25) is 5.89 Å². The second-order valence-corrected chi connectivity index (χ2v) is 7.17. The molecule has 0 aromatic carbocycles. The molecule has 1 saturated carbocycles. The number of rotatable bonds is 7. The minimum absolute atomic E-state index is 0.0396. The lowest BCUT2D eigenvalue weighted by molar-refractivity contribution is 0.0550. The largest absolute Gasteiger partial charge is 0.381 e. The molecular formula is C18H25N5O3. The summed E-state index contributed by atoms with van der Waals surface area (Å²) in [4.78, 5) is 19.3. The zero-order valence-electron chi connectivity index (χ0n) is 15.1. The minimum atomic E-state index is -0.167. The van der Waals surface area contributed by atoms with Crippen molar-refractivity contribution in [1.82, 2.24) is 24.8 Å². The predicted octanol–water partition coefficient (Wildman–Crippen LogP) is 2.14. The maximum absolute atomic E-state index is 12.9. The Morgan fingerprint density at radius 1 is 1.35 bits per heavy atom. The van der Waals surface area contributed by atoms with Crippen LogP contribution in [0.2, 0.25) is 0 Å². The zero-order valence-corrected chi connectivity index (χ0v) is 15.1. The summed E-state index contributed by atoms with van der Waals surface area (Å²) in [5.74, 6) is 1.89. The van der Waals surface area contributed by atoms with Crippen LogP contribution in [0, 0.1) is 5.92 Å². The van der Waals surface area contributed by atoms with Crippen LogP contribution in [0.4, 0.5) is 0 Å². The van der Waals surface area contributed by atoms with Crippen molar-refractivity contribution in [2.45, 2.75) is 44.6 Å². The van der Waals surface area contributed by atoms with Gasteiger partial charge >= 0.3 is 0 Å². The SMILES string of the molecule is Cn1nccc1C(=O)N1CCCCC1c1nc(CCOCC2CC2)no1. The van der Waals surface area contributed by atoms with Gasteiger partial charge in [0.15, 0.2) is 5.82 Å². The molecule has 2 aliphatic rings. The molecule has 3 heterocycles. The fraction of sp³-hybridized carbons (Fsp3) is 0.667. The molecule has 0 spiro atoms. The summed E-state index contributed by atoms with van der Waals surface area (Å²) in [7, 11) is 1.78. The Hall–Kier alpha value is -2.22. The van der Waals surface area contributed by atoms with Crippen LogP contribution < -0.4 is 0 Å². The third-order valence-electron chi connectivity index (χ3n) is 5.09. The van der Waals surface area contributed by atoms with Crippen LogP contribution in [0.15, 0.2) is 16.8 Å². The number of piperidine rings is 1. The van der Waals surface area contributed by atoms with Gasteiger partial charge in [0.1, 0.15) is 11.7 Å². The third kappa shape index (κ3) is 3.80. The molecule has 1 atom stereocenters. The summed E-state index contributed by atoms with van der Waals surface area (Å²) in [5, 5.41) is 8.17. The topological polar surface area (TPSA) is 86.3 Å². The van der Waals surface area contributed by atoms with Gasteiger partial charge in [0.05, 0.1) is 6.61 Å². The van der Waals surface area contributed by atoms with E-state index in [2.05, 4.69) is 15.2 Å². The van der Waals surface area contributed by atoms with Gasteiger partial charge < -0.3 is 14.2 Å². The summed E-state index contributed by atoms with van der Waals surface area (Å²) < 4.78 is 12.7. The Kier molecular flexibility index (Phi) is 5.01. The van der Waals surface area contributed by atoms with E-state index in [-0.39, 0.29) is 11.9 Å². The van der Waals surface area contributed by atoms with Crippen LogP contribution in [-0.4, -0.2) is 50.5 Å². The number of amides is 1. The van der Waals surface area contributed by atoms with E-state index in [9.17, 15) is 4.79 Å². The van der Waals surface area contributed by atoms with Gasteiger partial charge in [0.25, 0.3) is 5.91 Å². The molecule has 1 saturated heterocycles. The number of ether oxygens (including phenoxy) is 1. The van der Waals surface area contributed by atoms with Crippen LogP contribution in [0.25, 0.3) is 0 Å². The molecule has 1 unspecified atom stereocenters. The molecule has 2 fully saturated rings. The fourth-order valence-electron chi connectivity index (χ4n) is 3.36. The normalized spacial score (nSPS) is 20.5. The lowest BCUT2D eigenvalue weighted by Crippen LogP contribution is -2.39. The molecular weight excluding hydrogens is 334 g/mol. The highest BCUT2D eigenvalue weighted by Crippen LogP contribution is 2.31. The molecule has 1 aliphatic heterocycles. The average Bonchev–Trinajstić information content (AvgIpc) is 3.19. The molecule has 2 aromatic rings. The number of carbonyl (C=O) groups is 1. The quantitative estimate of drug-likeness (QED) is 0.704. The van der Waals surface area contributed by atoms with Crippen LogP contribution in [0.3, 0.4) is 0 Å². The molecule has 1 aliphatic carbocycles. The van der Waals surface area contributed by atoms with Gasteiger partial charge in [-0.1, -0.05) is 5.16 Å². The van der Waals surface area contributed by atoms with Crippen LogP contribution in [0.1, 0.15) is 60.3 Å².